The van der Waals surface area contributed by atoms with Gasteiger partial charge in [0, 0.05) is 32.1 Å². The van der Waals surface area contributed by atoms with Crippen LogP contribution in [0.5, 0.6) is 0 Å². The maximum Gasteiger partial charge on any atom is 0.224 e. The Kier molecular flexibility index (Phi) is 6.00. The maximum absolute atomic E-state index is 4.46. The summed E-state index contributed by atoms with van der Waals surface area (Å²) in [4.78, 5) is 10.8. The lowest BCUT2D eigenvalue weighted by molar-refractivity contribution is 0.917. The Balaban J connectivity index is 2.58. The highest BCUT2D eigenvalue weighted by molar-refractivity contribution is 7.98. The van der Waals surface area contributed by atoms with Crippen LogP contribution < -0.4 is 10.2 Å². The Morgan fingerprint density at radius 3 is 3.00 bits per heavy atom. The van der Waals surface area contributed by atoms with Crippen LogP contribution in [0.15, 0.2) is 12.3 Å². The van der Waals surface area contributed by atoms with E-state index < -0.39 is 0 Å². The van der Waals surface area contributed by atoms with Gasteiger partial charge in [-0.1, -0.05) is 6.92 Å². The van der Waals surface area contributed by atoms with Gasteiger partial charge in [0.05, 0.1) is 0 Å². The molecule has 0 atom stereocenters. The predicted molar refractivity (Wildman–Crippen MR) is 72.5 cm³/mol. The van der Waals surface area contributed by atoms with Crippen molar-refractivity contribution < 1.29 is 0 Å². The Hall–Kier alpha value is -0.970. The summed E-state index contributed by atoms with van der Waals surface area (Å²) in [6, 6.07) is 1.94. The van der Waals surface area contributed by atoms with Gasteiger partial charge in [-0.15, -0.1) is 0 Å². The van der Waals surface area contributed by atoms with Crippen molar-refractivity contribution >= 4 is 23.5 Å². The van der Waals surface area contributed by atoms with Gasteiger partial charge in [0.25, 0.3) is 0 Å². The Bertz CT molecular complexity index is 306. The summed E-state index contributed by atoms with van der Waals surface area (Å²) in [6.07, 6.45) is 4.99. The zero-order valence-electron chi connectivity index (χ0n) is 10.2. The lowest BCUT2D eigenvalue weighted by Crippen LogP contribution is -2.21. The van der Waals surface area contributed by atoms with E-state index in [-0.39, 0.29) is 0 Å². The molecule has 0 fully saturated rings. The summed E-state index contributed by atoms with van der Waals surface area (Å²) in [5, 5.41) is 3.19. The highest BCUT2D eigenvalue weighted by atomic mass is 32.2. The van der Waals surface area contributed by atoms with Gasteiger partial charge in [-0.05, 0) is 18.7 Å². The molecule has 1 N–H and O–H groups in total. The molecular formula is C11H20N4S. The summed E-state index contributed by atoms with van der Waals surface area (Å²) in [6.45, 7) is 4.05. The second kappa shape index (κ2) is 7.33. The third kappa shape index (κ3) is 4.26. The van der Waals surface area contributed by atoms with Crippen LogP contribution in [-0.2, 0) is 0 Å². The SMILES string of the molecule is CCCNc1nccc(N(C)CCSC)n1. The molecule has 0 aliphatic rings. The molecule has 4 nitrogen and oxygen atoms in total. The van der Waals surface area contributed by atoms with Gasteiger partial charge in [0.2, 0.25) is 5.95 Å². The van der Waals surface area contributed by atoms with Gasteiger partial charge in [0.15, 0.2) is 0 Å². The lowest BCUT2D eigenvalue weighted by atomic mass is 10.5. The van der Waals surface area contributed by atoms with E-state index in [0.29, 0.717) is 0 Å². The molecule has 0 bridgehead atoms. The van der Waals surface area contributed by atoms with E-state index in [1.54, 1.807) is 6.20 Å². The topological polar surface area (TPSA) is 41.1 Å². The predicted octanol–water partition coefficient (Wildman–Crippen LogP) is 2.10. The first-order valence-corrected chi connectivity index (χ1v) is 6.94. The van der Waals surface area contributed by atoms with Crippen molar-refractivity contribution in [3.63, 3.8) is 0 Å². The minimum absolute atomic E-state index is 0.718. The molecule has 0 aliphatic heterocycles. The number of hydrogen-bond acceptors (Lipinski definition) is 5. The second-order valence-electron chi connectivity index (χ2n) is 3.58. The Morgan fingerprint density at radius 1 is 1.50 bits per heavy atom. The molecule has 1 rings (SSSR count). The molecule has 0 unspecified atom stereocenters. The average Bonchev–Trinajstić information content (AvgIpc) is 2.33. The molecule has 16 heavy (non-hydrogen) atoms. The van der Waals surface area contributed by atoms with Gasteiger partial charge in [-0.25, -0.2) is 4.98 Å². The number of aromatic nitrogens is 2. The standard InChI is InChI=1S/C11H20N4S/c1-4-6-12-11-13-7-5-10(14-11)15(2)8-9-16-3/h5,7H,4,6,8-9H2,1-3H3,(H,12,13,14). The minimum atomic E-state index is 0.718. The van der Waals surface area contributed by atoms with E-state index in [1.165, 1.54) is 0 Å². The van der Waals surface area contributed by atoms with Crippen LogP contribution in [0.3, 0.4) is 0 Å². The van der Waals surface area contributed by atoms with E-state index in [4.69, 9.17) is 0 Å². The fourth-order valence-electron chi connectivity index (χ4n) is 1.23. The van der Waals surface area contributed by atoms with Gasteiger partial charge in [0.1, 0.15) is 5.82 Å². The molecule has 1 aromatic rings. The number of nitrogens with zero attached hydrogens (tertiary/aromatic N) is 3. The van der Waals surface area contributed by atoms with E-state index >= 15 is 0 Å². The van der Waals surface area contributed by atoms with Crippen molar-refractivity contribution in [2.45, 2.75) is 13.3 Å². The lowest BCUT2D eigenvalue weighted by Gasteiger charge is -2.17. The zero-order chi connectivity index (χ0) is 11.8. The summed E-state index contributed by atoms with van der Waals surface area (Å²) in [5.74, 6) is 2.80. The average molecular weight is 240 g/mol. The molecule has 0 amide bonds. The van der Waals surface area contributed by atoms with Gasteiger partial charge in [-0.3, -0.25) is 0 Å². The molecule has 0 spiro atoms. The molecule has 0 saturated heterocycles. The second-order valence-corrected chi connectivity index (χ2v) is 4.57. The number of hydrogen-bond donors (Lipinski definition) is 1. The van der Waals surface area contributed by atoms with Crippen LogP contribution in [0.25, 0.3) is 0 Å². The number of thioether (sulfide) groups is 1. The third-order valence-corrected chi connectivity index (χ3v) is 2.79. The molecule has 1 heterocycles. The first-order valence-electron chi connectivity index (χ1n) is 5.55. The van der Waals surface area contributed by atoms with Crippen molar-refractivity contribution in [1.29, 1.82) is 0 Å². The molecule has 90 valence electrons. The first kappa shape index (κ1) is 13.1. The van der Waals surface area contributed by atoms with Crippen molar-refractivity contribution in [3.05, 3.63) is 12.3 Å². The molecule has 1 aromatic heterocycles. The fourth-order valence-corrected chi connectivity index (χ4v) is 1.68. The van der Waals surface area contributed by atoms with Gasteiger partial charge >= 0.3 is 0 Å². The first-order chi connectivity index (χ1) is 7.77. The Morgan fingerprint density at radius 2 is 2.31 bits per heavy atom. The summed E-state index contributed by atoms with van der Waals surface area (Å²) in [7, 11) is 2.06. The zero-order valence-corrected chi connectivity index (χ0v) is 11.0. The smallest absolute Gasteiger partial charge is 0.224 e. The highest BCUT2D eigenvalue weighted by Gasteiger charge is 2.03. The molecular weight excluding hydrogens is 220 g/mol. The highest BCUT2D eigenvalue weighted by Crippen LogP contribution is 2.10. The molecule has 0 aromatic carbocycles. The summed E-state index contributed by atoms with van der Waals surface area (Å²) < 4.78 is 0. The normalized spacial score (nSPS) is 10.2. The van der Waals surface area contributed by atoms with E-state index in [0.717, 1.165) is 37.0 Å². The maximum atomic E-state index is 4.46. The van der Waals surface area contributed by atoms with Crippen molar-refractivity contribution in [2.24, 2.45) is 0 Å². The van der Waals surface area contributed by atoms with Gasteiger partial charge < -0.3 is 10.2 Å². The minimum Gasteiger partial charge on any atom is -0.359 e. The van der Waals surface area contributed by atoms with E-state index in [1.807, 2.05) is 17.8 Å². The molecule has 0 aliphatic carbocycles. The van der Waals surface area contributed by atoms with Crippen molar-refractivity contribution in [1.82, 2.24) is 9.97 Å². The van der Waals surface area contributed by atoms with Crippen LogP contribution in [0.1, 0.15) is 13.3 Å². The molecule has 5 heteroatoms. The number of anilines is 2. The van der Waals surface area contributed by atoms with Crippen LogP contribution >= 0.6 is 11.8 Å². The van der Waals surface area contributed by atoms with E-state index in [2.05, 4.69) is 40.4 Å². The van der Waals surface area contributed by atoms with Crippen LogP contribution in [-0.4, -0.2) is 42.1 Å². The monoisotopic (exact) mass is 240 g/mol. The summed E-state index contributed by atoms with van der Waals surface area (Å²) >= 11 is 1.84. The quantitative estimate of drug-likeness (QED) is 0.790. The number of rotatable bonds is 7. The van der Waals surface area contributed by atoms with Crippen LogP contribution in [0, 0.1) is 0 Å². The van der Waals surface area contributed by atoms with Crippen LogP contribution in [0.2, 0.25) is 0 Å². The molecule has 0 radical (unpaired) electrons. The fraction of sp³-hybridized carbons (Fsp3) is 0.636. The van der Waals surface area contributed by atoms with Gasteiger partial charge in [-0.2, -0.15) is 16.7 Å². The van der Waals surface area contributed by atoms with E-state index in [9.17, 15) is 0 Å². The Labute approximate surface area is 102 Å². The summed E-state index contributed by atoms with van der Waals surface area (Å²) in [5.41, 5.74) is 0. The van der Waals surface area contributed by atoms with Crippen molar-refractivity contribution in [2.75, 3.05) is 42.4 Å². The van der Waals surface area contributed by atoms with Crippen LogP contribution in [0.4, 0.5) is 11.8 Å². The molecule has 0 saturated carbocycles. The van der Waals surface area contributed by atoms with Crippen molar-refractivity contribution in [3.8, 4) is 0 Å². The largest absolute Gasteiger partial charge is 0.359 e. The third-order valence-electron chi connectivity index (χ3n) is 2.20. The number of nitrogens with one attached hydrogen (secondary N) is 1.